The summed E-state index contributed by atoms with van der Waals surface area (Å²) >= 11 is 5.77. The molecule has 1 atom stereocenters. The summed E-state index contributed by atoms with van der Waals surface area (Å²) in [6.07, 6.45) is 2.49. The van der Waals surface area contributed by atoms with Gasteiger partial charge in [0.25, 0.3) is 0 Å². The van der Waals surface area contributed by atoms with E-state index in [0.29, 0.717) is 17.4 Å². The first-order valence-electron chi connectivity index (χ1n) is 6.59. The van der Waals surface area contributed by atoms with Gasteiger partial charge in [0.05, 0.1) is 11.3 Å². The van der Waals surface area contributed by atoms with Crippen molar-refractivity contribution in [3.63, 3.8) is 0 Å². The monoisotopic (exact) mass is 296 g/mol. The highest BCUT2D eigenvalue weighted by Crippen LogP contribution is 2.22. The molecule has 1 aromatic rings. The zero-order chi connectivity index (χ0) is 14.5. The lowest BCUT2D eigenvalue weighted by Crippen LogP contribution is -2.32. The van der Waals surface area contributed by atoms with Gasteiger partial charge in [-0.25, -0.2) is 4.79 Å². The van der Waals surface area contributed by atoms with Crippen LogP contribution in [0.1, 0.15) is 29.6 Å². The molecule has 5 nitrogen and oxygen atoms in total. The van der Waals surface area contributed by atoms with Crippen LogP contribution in [0.5, 0.6) is 0 Å². The number of nitrogens with one attached hydrogen (secondary N) is 2. The van der Waals surface area contributed by atoms with Crippen molar-refractivity contribution in [3.05, 3.63) is 28.8 Å². The number of benzene rings is 1. The van der Waals surface area contributed by atoms with Crippen LogP contribution in [0.4, 0.5) is 5.69 Å². The van der Waals surface area contributed by atoms with Gasteiger partial charge in [0.2, 0.25) is 5.91 Å². The lowest BCUT2D eigenvalue weighted by atomic mass is 9.96. The van der Waals surface area contributed by atoms with Crippen LogP contribution in [0.25, 0.3) is 0 Å². The maximum absolute atomic E-state index is 12.0. The number of carboxylic acids is 1. The van der Waals surface area contributed by atoms with E-state index < -0.39 is 5.97 Å². The van der Waals surface area contributed by atoms with E-state index in [1.165, 1.54) is 12.1 Å². The van der Waals surface area contributed by atoms with Crippen LogP contribution in [0.15, 0.2) is 18.2 Å². The fraction of sp³-hybridized carbons (Fsp3) is 0.429. The minimum Gasteiger partial charge on any atom is -0.478 e. The molecule has 0 saturated carbocycles. The Bertz CT molecular complexity index is 513. The lowest BCUT2D eigenvalue weighted by Gasteiger charge is -2.22. The molecule has 20 heavy (non-hydrogen) atoms. The van der Waals surface area contributed by atoms with Crippen LogP contribution < -0.4 is 10.6 Å². The summed E-state index contributed by atoms with van der Waals surface area (Å²) in [4.78, 5) is 23.1. The van der Waals surface area contributed by atoms with Crippen molar-refractivity contribution >= 4 is 29.2 Å². The second-order valence-electron chi connectivity index (χ2n) is 4.96. The van der Waals surface area contributed by atoms with Crippen molar-refractivity contribution < 1.29 is 14.7 Å². The first kappa shape index (κ1) is 14.8. The third-order valence-electron chi connectivity index (χ3n) is 3.36. The number of carbonyl (C=O) groups excluding carboxylic acids is 1. The van der Waals surface area contributed by atoms with E-state index in [9.17, 15) is 9.59 Å². The van der Waals surface area contributed by atoms with Crippen LogP contribution in [-0.4, -0.2) is 30.1 Å². The third kappa shape index (κ3) is 3.95. The van der Waals surface area contributed by atoms with E-state index in [1.807, 2.05) is 0 Å². The van der Waals surface area contributed by atoms with E-state index in [-0.39, 0.29) is 17.2 Å². The van der Waals surface area contributed by atoms with Gasteiger partial charge >= 0.3 is 5.97 Å². The highest BCUT2D eigenvalue weighted by Gasteiger charge is 2.18. The number of hydrogen-bond donors (Lipinski definition) is 3. The Morgan fingerprint density at radius 3 is 2.90 bits per heavy atom. The second-order valence-corrected chi connectivity index (χ2v) is 5.40. The molecule has 0 aliphatic carbocycles. The molecule has 0 spiro atoms. The van der Waals surface area contributed by atoms with Crippen molar-refractivity contribution in [1.29, 1.82) is 0 Å². The van der Waals surface area contributed by atoms with Crippen molar-refractivity contribution in [2.24, 2.45) is 5.92 Å². The summed E-state index contributed by atoms with van der Waals surface area (Å²) in [5.41, 5.74) is 0.295. The Morgan fingerprint density at radius 1 is 1.45 bits per heavy atom. The van der Waals surface area contributed by atoms with Crippen LogP contribution in [0.3, 0.4) is 0 Å². The number of aromatic carboxylic acids is 1. The molecule has 2 rings (SSSR count). The van der Waals surface area contributed by atoms with Gasteiger partial charge in [-0.2, -0.15) is 0 Å². The molecule has 1 fully saturated rings. The van der Waals surface area contributed by atoms with Gasteiger partial charge in [-0.1, -0.05) is 11.6 Å². The summed E-state index contributed by atoms with van der Waals surface area (Å²) in [6, 6.07) is 4.41. The molecule has 1 aliphatic rings. The molecule has 0 radical (unpaired) electrons. The summed E-state index contributed by atoms with van der Waals surface area (Å²) in [7, 11) is 0. The Labute approximate surface area is 122 Å². The normalized spacial score (nSPS) is 18.6. The van der Waals surface area contributed by atoms with Gasteiger partial charge in [-0.05, 0) is 50.0 Å². The number of carboxylic acid groups (broad SMARTS) is 1. The van der Waals surface area contributed by atoms with Crippen LogP contribution in [0.2, 0.25) is 5.02 Å². The molecule has 1 heterocycles. The average molecular weight is 297 g/mol. The maximum Gasteiger partial charge on any atom is 0.337 e. The number of hydrogen-bond acceptors (Lipinski definition) is 3. The first-order valence-corrected chi connectivity index (χ1v) is 6.97. The third-order valence-corrected chi connectivity index (χ3v) is 3.59. The molecule has 1 aromatic carbocycles. The van der Waals surface area contributed by atoms with Gasteiger partial charge in [0.15, 0.2) is 0 Å². The number of piperidine rings is 1. The number of halogens is 1. The van der Waals surface area contributed by atoms with Crippen molar-refractivity contribution in [3.8, 4) is 0 Å². The number of carbonyl (C=O) groups is 2. The Kier molecular flexibility index (Phi) is 4.98. The molecule has 0 aromatic heterocycles. The van der Waals surface area contributed by atoms with E-state index in [4.69, 9.17) is 16.7 Å². The van der Waals surface area contributed by atoms with E-state index in [2.05, 4.69) is 10.6 Å². The Hall–Kier alpha value is -1.59. The van der Waals surface area contributed by atoms with E-state index in [1.54, 1.807) is 6.07 Å². The summed E-state index contributed by atoms with van der Waals surface area (Å²) in [5, 5.41) is 15.3. The summed E-state index contributed by atoms with van der Waals surface area (Å²) in [5.74, 6) is -0.963. The van der Waals surface area contributed by atoms with Crippen LogP contribution >= 0.6 is 11.6 Å². The van der Waals surface area contributed by atoms with Crippen molar-refractivity contribution in [1.82, 2.24) is 5.32 Å². The van der Waals surface area contributed by atoms with Gasteiger partial charge in [0.1, 0.15) is 0 Å². The van der Waals surface area contributed by atoms with Gasteiger partial charge in [-0.3, -0.25) is 4.79 Å². The molecule has 1 saturated heterocycles. The standard InChI is InChI=1S/C14H17ClN2O3/c15-10-3-4-12(11(7-10)14(19)20)17-13(18)6-9-2-1-5-16-8-9/h3-4,7,9,16H,1-2,5-6,8H2,(H,17,18)(H,19,20). The summed E-state index contributed by atoms with van der Waals surface area (Å²) < 4.78 is 0. The van der Waals surface area contributed by atoms with E-state index in [0.717, 1.165) is 25.9 Å². The molecular weight excluding hydrogens is 280 g/mol. The quantitative estimate of drug-likeness (QED) is 0.797. The lowest BCUT2D eigenvalue weighted by molar-refractivity contribution is -0.117. The second kappa shape index (κ2) is 6.72. The average Bonchev–Trinajstić information content (AvgIpc) is 2.41. The Morgan fingerprint density at radius 2 is 2.25 bits per heavy atom. The molecule has 3 N–H and O–H groups in total. The van der Waals surface area contributed by atoms with Crippen molar-refractivity contribution in [2.75, 3.05) is 18.4 Å². The minimum atomic E-state index is -1.11. The van der Waals surface area contributed by atoms with Gasteiger partial charge in [0, 0.05) is 11.4 Å². The molecular formula is C14H17ClN2O3. The zero-order valence-corrected chi connectivity index (χ0v) is 11.7. The zero-order valence-electron chi connectivity index (χ0n) is 11.0. The van der Waals surface area contributed by atoms with Gasteiger partial charge in [-0.15, -0.1) is 0 Å². The fourth-order valence-corrected chi connectivity index (χ4v) is 2.54. The number of rotatable bonds is 4. The highest BCUT2D eigenvalue weighted by molar-refractivity contribution is 6.31. The van der Waals surface area contributed by atoms with Crippen LogP contribution in [-0.2, 0) is 4.79 Å². The fourth-order valence-electron chi connectivity index (χ4n) is 2.36. The topological polar surface area (TPSA) is 78.4 Å². The smallest absolute Gasteiger partial charge is 0.337 e. The number of anilines is 1. The minimum absolute atomic E-state index is 0.00705. The Balaban J connectivity index is 2.01. The predicted octanol–water partition coefficient (Wildman–Crippen LogP) is 2.37. The van der Waals surface area contributed by atoms with E-state index >= 15 is 0 Å². The molecule has 0 bridgehead atoms. The largest absolute Gasteiger partial charge is 0.478 e. The van der Waals surface area contributed by atoms with Crippen molar-refractivity contribution in [2.45, 2.75) is 19.3 Å². The van der Waals surface area contributed by atoms with Crippen LogP contribution in [0, 0.1) is 5.92 Å². The number of amides is 1. The predicted molar refractivity (Wildman–Crippen MR) is 77.3 cm³/mol. The SMILES string of the molecule is O=C(CC1CCCNC1)Nc1ccc(Cl)cc1C(=O)O. The molecule has 1 amide bonds. The molecule has 1 unspecified atom stereocenters. The molecule has 108 valence electrons. The maximum atomic E-state index is 12.0. The first-order chi connectivity index (χ1) is 9.56. The summed E-state index contributed by atoms with van der Waals surface area (Å²) in [6.45, 7) is 1.83. The molecule has 1 aliphatic heterocycles. The highest BCUT2D eigenvalue weighted by atomic mass is 35.5. The van der Waals surface area contributed by atoms with Gasteiger partial charge < -0.3 is 15.7 Å². The molecule has 6 heteroatoms.